The van der Waals surface area contributed by atoms with Crippen molar-refractivity contribution in [2.24, 2.45) is 0 Å². The standard InChI is InChI=1S/C23H30N4O/c1-18-24-21-11-6-5-10-20(21)23(25-18)27-15-7-14-26(16-17-27)22(28)13-12-19-8-3-2-4-9-19/h2-4,8-9H,5-7,10-17H2,1H3. The lowest BCUT2D eigenvalue weighted by Gasteiger charge is -2.27. The third kappa shape index (κ3) is 4.34. The molecule has 0 N–H and O–H groups in total. The van der Waals surface area contributed by atoms with E-state index in [0.29, 0.717) is 6.42 Å². The van der Waals surface area contributed by atoms with Crippen LogP contribution in [0.3, 0.4) is 0 Å². The minimum absolute atomic E-state index is 0.270. The van der Waals surface area contributed by atoms with Gasteiger partial charge in [-0.2, -0.15) is 0 Å². The van der Waals surface area contributed by atoms with Crippen molar-refractivity contribution in [1.82, 2.24) is 14.9 Å². The molecule has 0 spiro atoms. The summed E-state index contributed by atoms with van der Waals surface area (Å²) < 4.78 is 0. The number of carbonyl (C=O) groups is 1. The highest BCUT2D eigenvalue weighted by Crippen LogP contribution is 2.28. The zero-order valence-electron chi connectivity index (χ0n) is 16.9. The summed E-state index contributed by atoms with van der Waals surface area (Å²) in [7, 11) is 0. The third-order valence-electron chi connectivity index (χ3n) is 5.89. The SMILES string of the molecule is Cc1nc2c(c(N3CCCN(C(=O)CCc4ccccc4)CC3)n1)CCCC2. The number of amides is 1. The van der Waals surface area contributed by atoms with Gasteiger partial charge in [-0.25, -0.2) is 9.97 Å². The fourth-order valence-electron chi connectivity index (χ4n) is 4.39. The maximum atomic E-state index is 12.7. The van der Waals surface area contributed by atoms with Crippen molar-refractivity contribution < 1.29 is 4.79 Å². The van der Waals surface area contributed by atoms with Gasteiger partial charge in [0.05, 0.1) is 0 Å². The van der Waals surface area contributed by atoms with Crippen LogP contribution in [0.5, 0.6) is 0 Å². The number of hydrogen-bond acceptors (Lipinski definition) is 4. The summed E-state index contributed by atoms with van der Waals surface area (Å²) in [4.78, 5) is 26.7. The van der Waals surface area contributed by atoms with Crippen LogP contribution in [0.2, 0.25) is 0 Å². The zero-order chi connectivity index (χ0) is 19.3. The Kier molecular flexibility index (Phi) is 5.89. The first-order chi connectivity index (χ1) is 13.7. The van der Waals surface area contributed by atoms with Crippen molar-refractivity contribution >= 4 is 11.7 Å². The van der Waals surface area contributed by atoms with Crippen LogP contribution < -0.4 is 4.90 Å². The molecular weight excluding hydrogens is 348 g/mol. The second-order valence-electron chi connectivity index (χ2n) is 7.93. The fraction of sp³-hybridized carbons (Fsp3) is 0.522. The minimum Gasteiger partial charge on any atom is -0.354 e. The first kappa shape index (κ1) is 18.9. The topological polar surface area (TPSA) is 49.3 Å². The van der Waals surface area contributed by atoms with E-state index in [1.807, 2.05) is 30.0 Å². The van der Waals surface area contributed by atoms with Crippen LogP contribution in [0.1, 0.15) is 48.3 Å². The van der Waals surface area contributed by atoms with Gasteiger partial charge in [-0.05, 0) is 51.0 Å². The Morgan fingerprint density at radius 1 is 0.964 bits per heavy atom. The summed E-state index contributed by atoms with van der Waals surface area (Å²) in [5, 5.41) is 0. The number of rotatable bonds is 4. The summed E-state index contributed by atoms with van der Waals surface area (Å²) in [5.41, 5.74) is 3.82. The second kappa shape index (κ2) is 8.72. The Balaban J connectivity index is 1.40. The Morgan fingerprint density at radius 3 is 2.64 bits per heavy atom. The Hall–Kier alpha value is -2.43. The second-order valence-corrected chi connectivity index (χ2v) is 7.93. The van der Waals surface area contributed by atoms with Crippen LogP contribution in [-0.2, 0) is 24.1 Å². The third-order valence-corrected chi connectivity index (χ3v) is 5.89. The number of hydrogen-bond donors (Lipinski definition) is 0. The van der Waals surface area contributed by atoms with Crippen LogP contribution in [0.25, 0.3) is 0 Å². The number of nitrogens with zero attached hydrogens (tertiary/aromatic N) is 4. The number of anilines is 1. The van der Waals surface area contributed by atoms with Crippen molar-refractivity contribution in [2.45, 2.75) is 51.9 Å². The van der Waals surface area contributed by atoms with Gasteiger partial charge >= 0.3 is 0 Å². The number of aryl methyl sites for hydroxylation is 3. The number of benzene rings is 1. The van der Waals surface area contributed by atoms with E-state index in [1.165, 1.54) is 29.7 Å². The molecule has 1 amide bonds. The first-order valence-corrected chi connectivity index (χ1v) is 10.6. The normalized spacial score (nSPS) is 17.2. The molecule has 5 nitrogen and oxygen atoms in total. The fourth-order valence-corrected chi connectivity index (χ4v) is 4.39. The molecule has 2 aromatic rings. The monoisotopic (exact) mass is 378 g/mol. The Bertz CT molecular complexity index is 821. The summed E-state index contributed by atoms with van der Waals surface area (Å²) in [6.45, 7) is 5.45. The number of aromatic nitrogens is 2. The van der Waals surface area contributed by atoms with E-state index in [-0.39, 0.29) is 5.91 Å². The lowest BCUT2D eigenvalue weighted by molar-refractivity contribution is -0.130. The molecule has 1 saturated heterocycles. The minimum atomic E-state index is 0.270. The largest absolute Gasteiger partial charge is 0.354 e. The van der Waals surface area contributed by atoms with Gasteiger partial charge in [0.15, 0.2) is 0 Å². The molecular formula is C23H30N4O. The molecule has 1 aromatic carbocycles. The van der Waals surface area contributed by atoms with Gasteiger partial charge in [0, 0.05) is 43.9 Å². The molecule has 1 aromatic heterocycles. The summed E-state index contributed by atoms with van der Waals surface area (Å²) in [5.74, 6) is 2.27. The van der Waals surface area contributed by atoms with Crippen LogP contribution in [0, 0.1) is 6.92 Å². The molecule has 1 fully saturated rings. The highest BCUT2D eigenvalue weighted by molar-refractivity contribution is 5.76. The van der Waals surface area contributed by atoms with E-state index in [9.17, 15) is 4.79 Å². The van der Waals surface area contributed by atoms with Crippen molar-refractivity contribution in [3.63, 3.8) is 0 Å². The highest BCUT2D eigenvalue weighted by atomic mass is 16.2. The molecule has 0 unspecified atom stereocenters. The van der Waals surface area contributed by atoms with Gasteiger partial charge in [-0.3, -0.25) is 4.79 Å². The Morgan fingerprint density at radius 2 is 1.79 bits per heavy atom. The predicted molar refractivity (Wildman–Crippen MR) is 112 cm³/mol. The molecule has 2 aliphatic rings. The van der Waals surface area contributed by atoms with Crippen molar-refractivity contribution in [2.75, 3.05) is 31.1 Å². The maximum absolute atomic E-state index is 12.7. The van der Waals surface area contributed by atoms with Crippen molar-refractivity contribution in [1.29, 1.82) is 0 Å². The molecule has 1 aliphatic heterocycles. The van der Waals surface area contributed by atoms with Gasteiger partial charge in [-0.15, -0.1) is 0 Å². The van der Waals surface area contributed by atoms with E-state index in [2.05, 4.69) is 22.0 Å². The maximum Gasteiger partial charge on any atom is 0.222 e. The van der Waals surface area contributed by atoms with E-state index < -0.39 is 0 Å². The average molecular weight is 379 g/mol. The Labute approximate surface area is 167 Å². The zero-order valence-corrected chi connectivity index (χ0v) is 16.9. The average Bonchev–Trinajstić information content (AvgIpc) is 2.98. The number of carbonyl (C=O) groups excluding carboxylic acids is 1. The molecule has 148 valence electrons. The smallest absolute Gasteiger partial charge is 0.222 e. The molecule has 0 saturated carbocycles. The highest BCUT2D eigenvalue weighted by Gasteiger charge is 2.24. The summed E-state index contributed by atoms with van der Waals surface area (Å²) in [6, 6.07) is 10.3. The van der Waals surface area contributed by atoms with Gasteiger partial charge in [0.25, 0.3) is 0 Å². The van der Waals surface area contributed by atoms with Gasteiger partial charge < -0.3 is 9.80 Å². The van der Waals surface area contributed by atoms with E-state index >= 15 is 0 Å². The van der Waals surface area contributed by atoms with Crippen molar-refractivity contribution in [3.05, 3.63) is 53.0 Å². The van der Waals surface area contributed by atoms with Gasteiger partial charge in [-0.1, -0.05) is 30.3 Å². The summed E-state index contributed by atoms with van der Waals surface area (Å²) in [6.07, 6.45) is 7.02. The van der Waals surface area contributed by atoms with Crippen LogP contribution in [-0.4, -0.2) is 47.0 Å². The molecule has 5 heteroatoms. The quantitative estimate of drug-likeness (QED) is 0.819. The first-order valence-electron chi connectivity index (χ1n) is 10.6. The van der Waals surface area contributed by atoms with Gasteiger partial charge in [0.1, 0.15) is 11.6 Å². The molecule has 0 radical (unpaired) electrons. The van der Waals surface area contributed by atoms with Crippen LogP contribution in [0.15, 0.2) is 30.3 Å². The van der Waals surface area contributed by atoms with Crippen molar-refractivity contribution in [3.8, 4) is 0 Å². The molecule has 0 atom stereocenters. The van der Waals surface area contributed by atoms with Gasteiger partial charge in [0.2, 0.25) is 5.91 Å². The summed E-state index contributed by atoms with van der Waals surface area (Å²) >= 11 is 0. The van der Waals surface area contributed by atoms with Crippen LogP contribution >= 0.6 is 0 Å². The van der Waals surface area contributed by atoms with Crippen LogP contribution in [0.4, 0.5) is 5.82 Å². The lowest BCUT2D eigenvalue weighted by atomic mass is 9.96. The predicted octanol–water partition coefficient (Wildman–Crippen LogP) is 3.34. The van der Waals surface area contributed by atoms with E-state index in [4.69, 9.17) is 4.98 Å². The molecule has 1 aliphatic carbocycles. The molecule has 4 rings (SSSR count). The number of fused-ring (bicyclic) bond motifs is 1. The van der Waals surface area contributed by atoms with E-state index in [0.717, 1.165) is 63.5 Å². The molecule has 2 heterocycles. The molecule has 28 heavy (non-hydrogen) atoms. The van der Waals surface area contributed by atoms with E-state index in [1.54, 1.807) is 0 Å². The molecule has 0 bridgehead atoms. The lowest BCUT2D eigenvalue weighted by Crippen LogP contribution is -2.36.